The number of nitrogens with zero attached hydrogens (tertiary/aromatic N) is 1. The highest BCUT2D eigenvalue weighted by molar-refractivity contribution is 14.1. The molecule has 0 amide bonds. The highest BCUT2D eigenvalue weighted by atomic mass is 127. The van der Waals surface area contributed by atoms with E-state index in [0.717, 1.165) is 21.8 Å². The molecular weight excluding hydrogens is 523 g/mol. The molecule has 0 fully saturated rings. The fraction of sp³-hybridized carbons (Fsp3) is 0.250. The Kier molecular flexibility index (Phi) is 4.38. The fourth-order valence-electron chi connectivity index (χ4n) is 1.19. The lowest BCUT2D eigenvalue weighted by Gasteiger charge is -2.08. The lowest BCUT2D eigenvalue weighted by Crippen LogP contribution is -2.02. The summed E-state index contributed by atoms with van der Waals surface area (Å²) in [5.74, 6) is 0. The van der Waals surface area contributed by atoms with Crippen molar-refractivity contribution in [2.45, 2.75) is 13.8 Å². The highest BCUT2D eigenvalue weighted by Gasteiger charge is 2.22. The molecule has 0 saturated carbocycles. The van der Waals surface area contributed by atoms with Crippen LogP contribution in [0.2, 0.25) is 0 Å². The largest absolute Gasteiger partial charge is 0.277 e. The standard InChI is InChI=1S/C8H6I3NO2/c1-3-5(9)7(11)6(10)4(2)8(3)12(13)14/h1-2H3. The van der Waals surface area contributed by atoms with Gasteiger partial charge in [-0.05, 0) is 81.6 Å². The van der Waals surface area contributed by atoms with Crippen LogP contribution in [0.25, 0.3) is 0 Å². The summed E-state index contributed by atoms with van der Waals surface area (Å²) in [6.45, 7) is 3.59. The van der Waals surface area contributed by atoms with E-state index in [4.69, 9.17) is 0 Å². The molecule has 0 atom stereocenters. The van der Waals surface area contributed by atoms with Crippen LogP contribution in [0, 0.1) is 34.7 Å². The lowest BCUT2D eigenvalue weighted by molar-refractivity contribution is -0.386. The van der Waals surface area contributed by atoms with E-state index in [1.807, 2.05) is 0 Å². The molecule has 0 aliphatic carbocycles. The SMILES string of the molecule is Cc1c(I)c(I)c(I)c(C)c1[N+](=O)[O-]. The summed E-state index contributed by atoms with van der Waals surface area (Å²) >= 11 is 6.53. The summed E-state index contributed by atoms with van der Waals surface area (Å²) in [6, 6.07) is 0. The van der Waals surface area contributed by atoms with Crippen LogP contribution in [0.1, 0.15) is 11.1 Å². The predicted molar refractivity (Wildman–Crippen MR) is 80.7 cm³/mol. The molecule has 1 rings (SSSR count). The van der Waals surface area contributed by atoms with Crippen LogP contribution in [0.5, 0.6) is 0 Å². The highest BCUT2D eigenvalue weighted by Crippen LogP contribution is 2.35. The third-order valence-corrected chi connectivity index (χ3v) is 7.78. The Morgan fingerprint density at radius 1 is 1.00 bits per heavy atom. The van der Waals surface area contributed by atoms with E-state index in [2.05, 4.69) is 67.8 Å². The van der Waals surface area contributed by atoms with Crippen molar-refractivity contribution in [3.05, 3.63) is 32.0 Å². The summed E-state index contributed by atoms with van der Waals surface area (Å²) in [4.78, 5) is 10.6. The molecule has 0 bridgehead atoms. The second-order valence-corrected chi connectivity index (χ2v) is 6.03. The molecule has 1 aromatic rings. The Morgan fingerprint density at radius 3 is 1.64 bits per heavy atom. The van der Waals surface area contributed by atoms with Gasteiger partial charge in [-0.2, -0.15) is 0 Å². The summed E-state index contributed by atoms with van der Waals surface area (Å²) in [7, 11) is 0. The molecule has 0 saturated heterocycles. The smallest absolute Gasteiger partial charge is 0.258 e. The monoisotopic (exact) mass is 529 g/mol. The van der Waals surface area contributed by atoms with Gasteiger partial charge < -0.3 is 0 Å². The number of hydrogen-bond donors (Lipinski definition) is 0. The van der Waals surface area contributed by atoms with E-state index in [9.17, 15) is 10.1 Å². The van der Waals surface area contributed by atoms with E-state index in [-0.39, 0.29) is 10.6 Å². The van der Waals surface area contributed by atoms with Gasteiger partial charge in [0.05, 0.1) is 4.92 Å². The average Bonchev–Trinajstić information content (AvgIpc) is 2.11. The van der Waals surface area contributed by atoms with E-state index in [1.54, 1.807) is 13.8 Å². The van der Waals surface area contributed by atoms with Crippen molar-refractivity contribution in [2.24, 2.45) is 0 Å². The number of nitro groups is 1. The van der Waals surface area contributed by atoms with Crippen molar-refractivity contribution in [2.75, 3.05) is 0 Å². The van der Waals surface area contributed by atoms with E-state index >= 15 is 0 Å². The van der Waals surface area contributed by atoms with Gasteiger partial charge in [0.25, 0.3) is 5.69 Å². The zero-order valence-electron chi connectivity index (χ0n) is 7.40. The summed E-state index contributed by atoms with van der Waals surface area (Å²) in [6.07, 6.45) is 0. The first-order chi connectivity index (χ1) is 6.37. The maximum absolute atomic E-state index is 10.9. The molecule has 0 spiro atoms. The van der Waals surface area contributed by atoms with Crippen molar-refractivity contribution in [1.29, 1.82) is 0 Å². The Balaban J connectivity index is 3.68. The molecule has 1 aromatic carbocycles. The van der Waals surface area contributed by atoms with Crippen molar-refractivity contribution in [3.8, 4) is 0 Å². The average molecular weight is 529 g/mol. The van der Waals surface area contributed by atoms with Crippen LogP contribution < -0.4 is 0 Å². The van der Waals surface area contributed by atoms with Gasteiger partial charge in [-0.15, -0.1) is 0 Å². The second-order valence-electron chi connectivity index (χ2n) is 2.80. The van der Waals surface area contributed by atoms with Crippen LogP contribution in [-0.4, -0.2) is 4.92 Å². The van der Waals surface area contributed by atoms with Crippen molar-refractivity contribution in [3.63, 3.8) is 0 Å². The number of benzene rings is 1. The summed E-state index contributed by atoms with van der Waals surface area (Å²) in [5.41, 5.74) is 1.77. The number of nitro benzene ring substituents is 1. The molecule has 76 valence electrons. The molecule has 6 heteroatoms. The number of halogens is 3. The topological polar surface area (TPSA) is 43.1 Å². The van der Waals surface area contributed by atoms with E-state index in [0.29, 0.717) is 0 Å². The third-order valence-electron chi connectivity index (χ3n) is 1.94. The number of hydrogen-bond acceptors (Lipinski definition) is 2. The molecule has 0 aliphatic rings. The van der Waals surface area contributed by atoms with Gasteiger partial charge in [-0.25, -0.2) is 0 Å². The molecule has 0 heterocycles. The first-order valence-corrected chi connectivity index (χ1v) is 6.89. The van der Waals surface area contributed by atoms with Crippen LogP contribution in [0.15, 0.2) is 0 Å². The molecule has 0 radical (unpaired) electrons. The van der Waals surface area contributed by atoms with Crippen LogP contribution >= 0.6 is 67.8 Å². The molecule has 0 unspecified atom stereocenters. The minimum atomic E-state index is -0.301. The predicted octanol–water partition coefficient (Wildman–Crippen LogP) is 4.03. The quantitative estimate of drug-likeness (QED) is 0.239. The van der Waals surface area contributed by atoms with Crippen LogP contribution in [-0.2, 0) is 0 Å². The Labute approximate surface area is 123 Å². The normalized spacial score (nSPS) is 10.4. The van der Waals surface area contributed by atoms with E-state index < -0.39 is 0 Å². The molecule has 14 heavy (non-hydrogen) atoms. The van der Waals surface area contributed by atoms with Crippen molar-refractivity contribution < 1.29 is 4.92 Å². The zero-order chi connectivity index (χ0) is 11.0. The van der Waals surface area contributed by atoms with E-state index in [1.165, 1.54) is 0 Å². The minimum absolute atomic E-state index is 0.249. The fourth-order valence-corrected chi connectivity index (χ4v) is 3.56. The molecule has 0 N–H and O–H groups in total. The van der Waals surface area contributed by atoms with Crippen LogP contribution in [0.3, 0.4) is 0 Å². The van der Waals surface area contributed by atoms with Gasteiger partial charge in [-0.1, -0.05) is 0 Å². The maximum atomic E-state index is 10.9. The molecule has 0 aromatic heterocycles. The van der Waals surface area contributed by atoms with Gasteiger partial charge in [0.1, 0.15) is 0 Å². The van der Waals surface area contributed by atoms with Gasteiger partial charge in [0.15, 0.2) is 0 Å². The summed E-state index contributed by atoms with van der Waals surface area (Å²) < 4.78 is 3.05. The molecule has 0 aliphatic heterocycles. The first kappa shape index (κ1) is 12.9. The molecular formula is C8H6I3NO2. The Hall–Kier alpha value is 0.810. The van der Waals surface area contributed by atoms with Crippen LogP contribution in [0.4, 0.5) is 5.69 Å². The summed E-state index contributed by atoms with van der Waals surface area (Å²) in [5, 5.41) is 10.9. The lowest BCUT2D eigenvalue weighted by atomic mass is 10.1. The van der Waals surface area contributed by atoms with Crippen molar-refractivity contribution >= 4 is 73.5 Å². The van der Waals surface area contributed by atoms with Gasteiger partial charge >= 0.3 is 0 Å². The van der Waals surface area contributed by atoms with Gasteiger partial charge in [0.2, 0.25) is 0 Å². The van der Waals surface area contributed by atoms with Gasteiger partial charge in [0, 0.05) is 21.8 Å². The molecule has 3 nitrogen and oxygen atoms in total. The first-order valence-electron chi connectivity index (χ1n) is 3.66. The van der Waals surface area contributed by atoms with Crippen molar-refractivity contribution in [1.82, 2.24) is 0 Å². The Morgan fingerprint density at radius 2 is 1.36 bits per heavy atom. The third kappa shape index (κ3) is 2.15. The maximum Gasteiger partial charge on any atom is 0.277 e. The number of rotatable bonds is 1. The zero-order valence-corrected chi connectivity index (χ0v) is 13.9. The van der Waals surface area contributed by atoms with Gasteiger partial charge in [-0.3, -0.25) is 10.1 Å². The minimum Gasteiger partial charge on any atom is -0.258 e. The second kappa shape index (κ2) is 4.76. The Bertz CT molecular complexity index is 389.